The molecule has 2 atom stereocenters. The summed E-state index contributed by atoms with van der Waals surface area (Å²) in [5.41, 5.74) is 0.649. The van der Waals surface area contributed by atoms with E-state index in [1.165, 1.54) is 0 Å². The van der Waals surface area contributed by atoms with Gasteiger partial charge in [-0.2, -0.15) is 0 Å². The summed E-state index contributed by atoms with van der Waals surface area (Å²) in [6, 6.07) is 7.95. The highest BCUT2D eigenvalue weighted by molar-refractivity contribution is 9.10. The molecule has 0 radical (unpaired) electrons. The van der Waals surface area contributed by atoms with Gasteiger partial charge in [0.15, 0.2) is 0 Å². The van der Waals surface area contributed by atoms with Crippen molar-refractivity contribution in [3.05, 3.63) is 34.3 Å². The molecule has 0 aromatic heterocycles. The van der Waals surface area contributed by atoms with Gasteiger partial charge < -0.3 is 5.11 Å². The molecular weight excluding hydrogens is 256 g/mol. The van der Waals surface area contributed by atoms with Crippen molar-refractivity contribution in [3.8, 4) is 0 Å². The number of carbonyl (C=O) groups is 1. The largest absolute Gasteiger partial charge is 0.481 e. The number of rotatable bonds is 3. The lowest BCUT2D eigenvalue weighted by atomic mass is 9.96. The van der Waals surface area contributed by atoms with Crippen LogP contribution in [0.5, 0.6) is 0 Å². The SMILES string of the molecule is CCC1(C(=O)O)CC1c1ccc(Br)cc1. The summed E-state index contributed by atoms with van der Waals surface area (Å²) in [7, 11) is 0. The summed E-state index contributed by atoms with van der Waals surface area (Å²) in [6.07, 6.45) is 1.49. The van der Waals surface area contributed by atoms with Gasteiger partial charge in [0, 0.05) is 10.4 Å². The summed E-state index contributed by atoms with van der Waals surface area (Å²) in [6.45, 7) is 1.95. The molecule has 1 saturated carbocycles. The van der Waals surface area contributed by atoms with Crippen LogP contribution in [0.15, 0.2) is 28.7 Å². The maximum atomic E-state index is 11.2. The van der Waals surface area contributed by atoms with E-state index in [1.807, 2.05) is 31.2 Å². The maximum absolute atomic E-state index is 11.2. The summed E-state index contributed by atoms with van der Waals surface area (Å²) in [5, 5.41) is 9.18. The minimum absolute atomic E-state index is 0.202. The Morgan fingerprint density at radius 2 is 2.13 bits per heavy atom. The second-order valence-electron chi connectivity index (χ2n) is 4.12. The Balaban J connectivity index is 2.22. The molecule has 0 bridgehead atoms. The van der Waals surface area contributed by atoms with Crippen molar-refractivity contribution < 1.29 is 9.90 Å². The Morgan fingerprint density at radius 1 is 1.53 bits per heavy atom. The molecule has 2 unspecified atom stereocenters. The fourth-order valence-electron chi connectivity index (χ4n) is 2.22. The number of benzene rings is 1. The van der Waals surface area contributed by atoms with Crippen LogP contribution in [0, 0.1) is 5.41 Å². The Bertz CT molecular complexity index is 385. The molecule has 0 spiro atoms. The lowest BCUT2D eigenvalue weighted by Gasteiger charge is -2.08. The van der Waals surface area contributed by atoms with Crippen molar-refractivity contribution in [2.24, 2.45) is 5.41 Å². The molecule has 3 heteroatoms. The van der Waals surface area contributed by atoms with Crippen molar-refractivity contribution >= 4 is 21.9 Å². The van der Waals surface area contributed by atoms with Crippen molar-refractivity contribution in [2.75, 3.05) is 0 Å². The van der Waals surface area contributed by atoms with Crippen LogP contribution in [0.2, 0.25) is 0 Å². The normalized spacial score (nSPS) is 28.8. The average Bonchev–Trinajstić information content (AvgIpc) is 2.95. The van der Waals surface area contributed by atoms with Crippen LogP contribution >= 0.6 is 15.9 Å². The molecule has 80 valence electrons. The predicted molar refractivity (Wildman–Crippen MR) is 61.9 cm³/mol. The van der Waals surface area contributed by atoms with Gasteiger partial charge in [-0.1, -0.05) is 35.0 Å². The summed E-state index contributed by atoms with van der Waals surface area (Å²) >= 11 is 3.37. The zero-order valence-electron chi connectivity index (χ0n) is 8.53. The first kappa shape index (κ1) is 10.7. The van der Waals surface area contributed by atoms with Crippen LogP contribution in [0.1, 0.15) is 31.2 Å². The molecule has 0 heterocycles. The molecule has 2 nitrogen and oxygen atoms in total. The van der Waals surface area contributed by atoms with Crippen LogP contribution in [0.25, 0.3) is 0 Å². The first-order valence-corrected chi connectivity index (χ1v) is 5.88. The maximum Gasteiger partial charge on any atom is 0.310 e. The zero-order chi connectivity index (χ0) is 11.1. The summed E-state index contributed by atoms with van der Waals surface area (Å²) in [4.78, 5) is 11.2. The molecule has 0 aliphatic heterocycles. The molecule has 1 fully saturated rings. The number of halogens is 1. The van der Waals surface area contributed by atoms with Crippen LogP contribution in [0.3, 0.4) is 0 Å². The van der Waals surface area contributed by atoms with E-state index in [1.54, 1.807) is 0 Å². The molecule has 1 aliphatic rings. The highest BCUT2D eigenvalue weighted by atomic mass is 79.9. The lowest BCUT2D eigenvalue weighted by molar-refractivity contribution is -0.143. The van der Waals surface area contributed by atoms with E-state index < -0.39 is 11.4 Å². The van der Waals surface area contributed by atoms with Gasteiger partial charge in [-0.15, -0.1) is 0 Å². The third kappa shape index (κ3) is 1.69. The van der Waals surface area contributed by atoms with Gasteiger partial charge in [-0.3, -0.25) is 4.79 Å². The molecule has 1 aromatic carbocycles. The number of hydrogen-bond donors (Lipinski definition) is 1. The van der Waals surface area contributed by atoms with Gasteiger partial charge >= 0.3 is 5.97 Å². The van der Waals surface area contributed by atoms with Crippen LogP contribution in [-0.4, -0.2) is 11.1 Å². The van der Waals surface area contributed by atoms with E-state index in [-0.39, 0.29) is 5.92 Å². The highest BCUT2D eigenvalue weighted by Gasteiger charge is 2.59. The number of carboxylic acids is 1. The molecule has 0 amide bonds. The number of carboxylic acid groups (broad SMARTS) is 1. The van der Waals surface area contributed by atoms with Crippen molar-refractivity contribution in [3.63, 3.8) is 0 Å². The van der Waals surface area contributed by atoms with Gasteiger partial charge in [-0.05, 0) is 30.5 Å². The quantitative estimate of drug-likeness (QED) is 0.912. The van der Waals surface area contributed by atoms with Gasteiger partial charge in [0.1, 0.15) is 0 Å². The third-order valence-corrected chi connectivity index (χ3v) is 3.93. The third-order valence-electron chi connectivity index (χ3n) is 3.40. The summed E-state index contributed by atoms with van der Waals surface area (Å²) < 4.78 is 1.03. The average molecular weight is 269 g/mol. The van der Waals surface area contributed by atoms with E-state index in [0.717, 1.165) is 16.5 Å². The smallest absolute Gasteiger partial charge is 0.310 e. The number of hydrogen-bond acceptors (Lipinski definition) is 1. The zero-order valence-corrected chi connectivity index (χ0v) is 10.1. The molecule has 15 heavy (non-hydrogen) atoms. The fraction of sp³-hybridized carbons (Fsp3) is 0.417. The van der Waals surface area contributed by atoms with Gasteiger partial charge in [0.2, 0.25) is 0 Å². The van der Waals surface area contributed by atoms with E-state index >= 15 is 0 Å². The minimum Gasteiger partial charge on any atom is -0.481 e. The Morgan fingerprint density at radius 3 is 2.53 bits per heavy atom. The molecule has 1 aromatic rings. The standard InChI is InChI=1S/C12H13BrO2/c1-2-12(11(14)15)7-10(12)8-3-5-9(13)6-4-8/h3-6,10H,2,7H2,1H3,(H,14,15). The number of aliphatic carboxylic acids is 1. The minimum atomic E-state index is -0.655. The molecule has 0 saturated heterocycles. The molecular formula is C12H13BrO2. The van der Waals surface area contributed by atoms with E-state index in [9.17, 15) is 9.90 Å². The van der Waals surface area contributed by atoms with Crippen molar-refractivity contribution in [1.29, 1.82) is 0 Å². The monoisotopic (exact) mass is 268 g/mol. The van der Waals surface area contributed by atoms with Crippen molar-refractivity contribution in [2.45, 2.75) is 25.7 Å². The van der Waals surface area contributed by atoms with E-state index in [2.05, 4.69) is 15.9 Å². The Kier molecular flexibility index (Phi) is 2.59. The van der Waals surface area contributed by atoms with Crippen LogP contribution in [-0.2, 0) is 4.79 Å². The van der Waals surface area contributed by atoms with Crippen LogP contribution < -0.4 is 0 Å². The second-order valence-corrected chi connectivity index (χ2v) is 5.04. The molecule has 1 N–H and O–H groups in total. The van der Waals surface area contributed by atoms with Gasteiger partial charge in [0.25, 0.3) is 0 Å². The predicted octanol–water partition coefficient (Wildman–Crippen LogP) is 3.42. The van der Waals surface area contributed by atoms with E-state index in [4.69, 9.17) is 0 Å². The van der Waals surface area contributed by atoms with Crippen molar-refractivity contribution in [1.82, 2.24) is 0 Å². The first-order valence-electron chi connectivity index (χ1n) is 5.09. The first-order chi connectivity index (χ1) is 7.10. The van der Waals surface area contributed by atoms with E-state index in [0.29, 0.717) is 6.42 Å². The molecule has 1 aliphatic carbocycles. The highest BCUT2D eigenvalue weighted by Crippen LogP contribution is 2.61. The van der Waals surface area contributed by atoms with Gasteiger partial charge in [0.05, 0.1) is 5.41 Å². The second kappa shape index (κ2) is 3.63. The Hall–Kier alpha value is -0.830. The van der Waals surface area contributed by atoms with Gasteiger partial charge in [-0.25, -0.2) is 0 Å². The fourth-order valence-corrected chi connectivity index (χ4v) is 2.48. The molecule has 2 rings (SSSR count). The van der Waals surface area contributed by atoms with Crippen LogP contribution in [0.4, 0.5) is 0 Å². The Labute approximate surface area is 97.4 Å². The summed E-state index contributed by atoms with van der Waals surface area (Å²) in [5.74, 6) is -0.453. The lowest BCUT2D eigenvalue weighted by Crippen LogP contribution is -2.15. The topological polar surface area (TPSA) is 37.3 Å².